The second kappa shape index (κ2) is 12.2. The number of likely N-dealkylation sites (tertiary alicyclic amines) is 1. The fourth-order valence-electron chi connectivity index (χ4n) is 4.21. The summed E-state index contributed by atoms with van der Waals surface area (Å²) in [5.74, 6) is -1.24. The Labute approximate surface area is 219 Å². The van der Waals surface area contributed by atoms with Crippen LogP contribution in [0.15, 0.2) is 34.9 Å². The molecule has 3 rings (SSSR count). The molecule has 2 heterocycles. The van der Waals surface area contributed by atoms with Crippen LogP contribution in [0.1, 0.15) is 44.9 Å². The maximum atomic E-state index is 13.5. The third kappa shape index (κ3) is 7.28. The smallest absolute Gasteiger partial charge is 0.246 e. The van der Waals surface area contributed by atoms with E-state index in [1.54, 1.807) is 16.8 Å². The van der Waals surface area contributed by atoms with Crippen LogP contribution in [-0.4, -0.2) is 64.0 Å². The van der Waals surface area contributed by atoms with Gasteiger partial charge in [0.25, 0.3) is 0 Å². The van der Waals surface area contributed by atoms with Crippen molar-refractivity contribution in [3.8, 4) is 10.4 Å². The van der Waals surface area contributed by atoms with E-state index in [1.165, 1.54) is 4.90 Å². The van der Waals surface area contributed by atoms with Crippen LogP contribution in [0.5, 0.6) is 0 Å². The molecule has 0 saturated carbocycles. The number of amides is 3. The molecular weight excluding hydrogens is 494 g/mol. The van der Waals surface area contributed by atoms with Crippen LogP contribution in [0.3, 0.4) is 0 Å². The van der Waals surface area contributed by atoms with Gasteiger partial charge in [0.05, 0.1) is 22.2 Å². The Hall–Kier alpha value is -3.47. The fourth-order valence-corrected chi connectivity index (χ4v) is 5.02. The highest BCUT2D eigenvalue weighted by Crippen LogP contribution is 2.28. The molecule has 0 radical (unpaired) electrons. The summed E-state index contributed by atoms with van der Waals surface area (Å²) >= 11 is 1.57. The van der Waals surface area contributed by atoms with Crippen LogP contribution >= 0.6 is 11.3 Å². The van der Waals surface area contributed by atoms with E-state index in [-0.39, 0.29) is 38.4 Å². The predicted molar refractivity (Wildman–Crippen MR) is 140 cm³/mol. The minimum absolute atomic E-state index is 0.000986. The Bertz CT molecular complexity index is 1170. The van der Waals surface area contributed by atoms with Crippen molar-refractivity contribution in [3.63, 3.8) is 0 Å². The molecule has 0 spiro atoms. The second-order valence-electron chi connectivity index (χ2n) is 10.1. The number of nitrogens with one attached hydrogen (secondary N) is 2. The number of hydrogen-bond donors (Lipinski definition) is 3. The monoisotopic (exact) mass is 527 g/mol. The summed E-state index contributed by atoms with van der Waals surface area (Å²) < 4.78 is 0. The first-order chi connectivity index (χ1) is 17.5. The lowest BCUT2D eigenvalue weighted by Gasteiger charge is -2.35. The first kappa shape index (κ1) is 28.1. The lowest BCUT2D eigenvalue weighted by atomic mass is 9.85. The first-order valence-electron chi connectivity index (χ1n) is 12.1. The molecular formula is C25H33N7O4S. The number of aryl methyl sites for hydroxylation is 1. The third-order valence-electron chi connectivity index (χ3n) is 6.21. The highest BCUT2D eigenvalue weighted by Gasteiger charge is 2.44. The molecule has 1 aliphatic heterocycles. The van der Waals surface area contributed by atoms with E-state index in [9.17, 15) is 19.5 Å². The molecule has 0 aliphatic carbocycles. The van der Waals surface area contributed by atoms with Gasteiger partial charge in [-0.15, -0.1) is 11.3 Å². The fraction of sp³-hybridized carbons (Fsp3) is 0.520. The molecule has 1 saturated heterocycles. The van der Waals surface area contributed by atoms with Gasteiger partial charge in [-0.05, 0) is 29.0 Å². The largest absolute Gasteiger partial charge is 0.391 e. The molecule has 3 amide bonds. The molecule has 0 bridgehead atoms. The zero-order chi connectivity index (χ0) is 27.2. The van der Waals surface area contributed by atoms with Crippen molar-refractivity contribution in [2.75, 3.05) is 13.1 Å². The molecule has 1 aromatic heterocycles. The topological polar surface area (TPSA) is 160 Å². The van der Waals surface area contributed by atoms with Gasteiger partial charge >= 0.3 is 0 Å². The van der Waals surface area contributed by atoms with E-state index in [1.807, 2.05) is 52.0 Å². The zero-order valence-corrected chi connectivity index (χ0v) is 22.3. The van der Waals surface area contributed by atoms with Crippen LogP contribution in [0, 0.1) is 12.3 Å². The van der Waals surface area contributed by atoms with Gasteiger partial charge in [0, 0.05) is 37.4 Å². The van der Waals surface area contributed by atoms with Gasteiger partial charge in [-0.1, -0.05) is 50.2 Å². The van der Waals surface area contributed by atoms with Crippen LogP contribution in [0.2, 0.25) is 0 Å². The summed E-state index contributed by atoms with van der Waals surface area (Å²) in [5.41, 5.74) is 12.5. The van der Waals surface area contributed by atoms with Gasteiger partial charge in [0.1, 0.15) is 12.1 Å². The van der Waals surface area contributed by atoms with Crippen molar-refractivity contribution in [3.05, 3.63) is 51.5 Å². The van der Waals surface area contributed by atoms with E-state index in [0.29, 0.717) is 0 Å². The van der Waals surface area contributed by atoms with Gasteiger partial charge in [0.15, 0.2) is 0 Å². The molecule has 2 aromatic rings. The Morgan fingerprint density at radius 3 is 2.59 bits per heavy atom. The van der Waals surface area contributed by atoms with E-state index in [4.69, 9.17) is 5.53 Å². The highest BCUT2D eigenvalue weighted by molar-refractivity contribution is 7.13. The van der Waals surface area contributed by atoms with Crippen molar-refractivity contribution in [1.82, 2.24) is 20.5 Å². The Morgan fingerprint density at radius 1 is 1.30 bits per heavy atom. The summed E-state index contributed by atoms with van der Waals surface area (Å²) in [5, 5.41) is 19.2. The molecule has 37 heavy (non-hydrogen) atoms. The lowest BCUT2D eigenvalue weighted by Crippen LogP contribution is -2.57. The van der Waals surface area contributed by atoms with Crippen LogP contribution in [0.4, 0.5) is 0 Å². The maximum absolute atomic E-state index is 13.5. The van der Waals surface area contributed by atoms with E-state index < -0.39 is 35.4 Å². The molecule has 3 atom stereocenters. The normalized spacial score (nSPS) is 18.1. The van der Waals surface area contributed by atoms with Gasteiger partial charge < -0.3 is 20.6 Å². The van der Waals surface area contributed by atoms with Crippen molar-refractivity contribution < 1.29 is 19.5 Å². The molecule has 1 aromatic carbocycles. The maximum Gasteiger partial charge on any atom is 0.246 e. The number of hydrogen-bond acceptors (Lipinski definition) is 7. The number of carbonyl (C=O) groups is 3. The minimum atomic E-state index is -0.922. The molecule has 1 fully saturated rings. The van der Waals surface area contributed by atoms with E-state index >= 15 is 0 Å². The van der Waals surface area contributed by atoms with Crippen molar-refractivity contribution >= 4 is 29.1 Å². The highest BCUT2D eigenvalue weighted by atomic mass is 32.1. The third-order valence-corrected chi connectivity index (χ3v) is 7.19. The van der Waals surface area contributed by atoms with Gasteiger partial charge in [-0.25, -0.2) is 4.98 Å². The van der Waals surface area contributed by atoms with Crippen molar-refractivity contribution in [2.24, 2.45) is 10.5 Å². The number of thiazole rings is 1. The molecule has 12 heteroatoms. The quantitative estimate of drug-likeness (QED) is 0.259. The average Bonchev–Trinajstić information content (AvgIpc) is 3.46. The number of aromatic nitrogens is 1. The summed E-state index contributed by atoms with van der Waals surface area (Å²) in [7, 11) is 0. The summed E-state index contributed by atoms with van der Waals surface area (Å²) in [6.07, 6.45) is -0.788. The van der Waals surface area contributed by atoms with E-state index in [0.717, 1.165) is 21.7 Å². The van der Waals surface area contributed by atoms with Crippen molar-refractivity contribution in [2.45, 2.75) is 65.3 Å². The van der Waals surface area contributed by atoms with Gasteiger partial charge in [0.2, 0.25) is 17.7 Å². The first-order valence-corrected chi connectivity index (χ1v) is 12.9. The number of β-amino-alcohol motifs (C(OH)–C–C–N with tert-alkyl or cyclic N) is 1. The number of nitrogens with zero attached hydrogens (tertiary/aromatic N) is 5. The van der Waals surface area contributed by atoms with Crippen LogP contribution < -0.4 is 10.6 Å². The number of benzene rings is 1. The van der Waals surface area contributed by atoms with Crippen molar-refractivity contribution in [1.29, 1.82) is 0 Å². The predicted octanol–water partition coefficient (Wildman–Crippen LogP) is 2.93. The van der Waals surface area contributed by atoms with Gasteiger partial charge in [-0.3, -0.25) is 14.4 Å². The lowest BCUT2D eigenvalue weighted by molar-refractivity contribution is -0.144. The molecule has 198 valence electrons. The van der Waals surface area contributed by atoms with Gasteiger partial charge in [-0.2, -0.15) is 0 Å². The summed E-state index contributed by atoms with van der Waals surface area (Å²) in [6.45, 7) is 7.63. The standard InChI is InChI=1S/C25H33N7O4S/c1-15-21(37-14-28-15)17-7-5-16(6-8-17)12-27-23(35)19-11-18(33)13-32(19)24(36)22(25(2,3)4)30-20(34)9-10-29-31-26/h5-8,14,18-19,22,33H,9-13H2,1-4H3,(H,27,35)(H,30,34)/t18-,19+,22-/m1/s1. The summed E-state index contributed by atoms with van der Waals surface area (Å²) in [6, 6.07) is 6.05. The number of aliphatic hydroxyl groups excluding tert-OH is 1. The SMILES string of the molecule is Cc1ncsc1-c1ccc(CNC(=O)[C@@H]2C[C@@H](O)CN2C(=O)[C@@H](NC(=O)CCN=[N+]=[N-])C(C)(C)C)cc1. The average molecular weight is 528 g/mol. The number of rotatable bonds is 9. The zero-order valence-electron chi connectivity index (χ0n) is 21.5. The number of carbonyl (C=O) groups excluding carboxylic acids is 3. The molecule has 1 aliphatic rings. The Morgan fingerprint density at radius 2 is 2.00 bits per heavy atom. The second-order valence-corrected chi connectivity index (χ2v) is 11.0. The van der Waals surface area contributed by atoms with Crippen LogP contribution in [-0.2, 0) is 20.9 Å². The summed E-state index contributed by atoms with van der Waals surface area (Å²) in [4.78, 5) is 48.3. The molecule has 3 N–H and O–H groups in total. The Kier molecular flexibility index (Phi) is 9.25. The Balaban J connectivity index is 1.66. The van der Waals surface area contributed by atoms with E-state index in [2.05, 4.69) is 25.6 Å². The minimum Gasteiger partial charge on any atom is -0.391 e. The molecule has 0 unspecified atom stereocenters. The molecule has 11 nitrogen and oxygen atoms in total. The number of azide groups is 1. The number of aliphatic hydroxyl groups is 1. The van der Waals surface area contributed by atoms with Crippen LogP contribution in [0.25, 0.3) is 20.9 Å².